The maximum atomic E-state index is 12.2. The molecule has 0 aliphatic carbocycles. The lowest BCUT2D eigenvalue weighted by Crippen LogP contribution is -2.50. The van der Waals surface area contributed by atoms with E-state index < -0.39 is 5.60 Å². The Balaban J connectivity index is 2.64. The Hall–Kier alpha value is -0.810. The number of aliphatic hydroxyl groups is 1. The van der Waals surface area contributed by atoms with E-state index in [0.717, 1.165) is 19.4 Å². The van der Waals surface area contributed by atoms with E-state index in [4.69, 9.17) is 4.74 Å². The summed E-state index contributed by atoms with van der Waals surface area (Å²) in [6.07, 6.45) is 1.91. The zero-order valence-electron chi connectivity index (χ0n) is 13.6. The first-order valence-electron chi connectivity index (χ1n) is 7.57. The van der Waals surface area contributed by atoms with Crippen molar-refractivity contribution in [2.45, 2.75) is 52.2 Å². The lowest BCUT2D eigenvalue weighted by Gasteiger charge is -2.40. The highest BCUT2D eigenvalue weighted by Gasteiger charge is 2.32. The fourth-order valence-electron chi connectivity index (χ4n) is 2.76. The monoisotopic (exact) mass is 286 g/mol. The van der Waals surface area contributed by atoms with Crippen molar-refractivity contribution in [2.75, 3.05) is 33.3 Å². The SMILES string of the molecule is CCN(CC1CCCN(C)C1CO)C(=O)OC(C)(C)C. The summed E-state index contributed by atoms with van der Waals surface area (Å²) < 4.78 is 5.44. The van der Waals surface area contributed by atoms with Gasteiger partial charge in [0.2, 0.25) is 0 Å². The molecule has 1 N–H and O–H groups in total. The van der Waals surface area contributed by atoms with Crippen LogP contribution < -0.4 is 0 Å². The molecule has 0 aromatic rings. The highest BCUT2D eigenvalue weighted by Crippen LogP contribution is 2.24. The Morgan fingerprint density at radius 3 is 2.60 bits per heavy atom. The molecule has 1 rings (SSSR count). The van der Waals surface area contributed by atoms with Crippen molar-refractivity contribution >= 4 is 6.09 Å². The van der Waals surface area contributed by atoms with Gasteiger partial charge in [0.05, 0.1) is 6.61 Å². The first-order valence-corrected chi connectivity index (χ1v) is 7.57. The second kappa shape index (κ2) is 7.27. The van der Waals surface area contributed by atoms with Gasteiger partial charge in [0.1, 0.15) is 5.60 Å². The Bertz CT molecular complexity index is 315. The normalized spacial score (nSPS) is 24.5. The second-order valence-electron chi connectivity index (χ2n) is 6.65. The number of rotatable bonds is 4. The van der Waals surface area contributed by atoms with Crippen molar-refractivity contribution in [3.05, 3.63) is 0 Å². The summed E-state index contributed by atoms with van der Waals surface area (Å²) in [7, 11) is 2.04. The first kappa shape index (κ1) is 17.2. The molecule has 1 heterocycles. The molecule has 2 unspecified atom stereocenters. The van der Waals surface area contributed by atoms with Crippen molar-refractivity contribution in [3.8, 4) is 0 Å². The van der Waals surface area contributed by atoms with Crippen molar-refractivity contribution in [1.82, 2.24) is 9.80 Å². The van der Waals surface area contributed by atoms with Crippen LogP contribution in [0.4, 0.5) is 4.79 Å². The van der Waals surface area contributed by atoms with Gasteiger partial charge in [0.15, 0.2) is 0 Å². The number of piperidine rings is 1. The zero-order valence-corrected chi connectivity index (χ0v) is 13.6. The largest absolute Gasteiger partial charge is 0.444 e. The summed E-state index contributed by atoms with van der Waals surface area (Å²) in [6.45, 7) is 10.0. The van der Waals surface area contributed by atoms with Crippen molar-refractivity contribution in [3.63, 3.8) is 0 Å². The number of likely N-dealkylation sites (N-methyl/N-ethyl adjacent to an activating group) is 1. The molecule has 5 nitrogen and oxygen atoms in total. The van der Waals surface area contributed by atoms with Crippen LogP contribution in [0.3, 0.4) is 0 Å². The number of likely N-dealkylation sites (tertiary alicyclic amines) is 1. The van der Waals surface area contributed by atoms with Crippen LogP contribution in [0.15, 0.2) is 0 Å². The summed E-state index contributed by atoms with van der Waals surface area (Å²) in [4.78, 5) is 16.1. The van der Waals surface area contributed by atoms with E-state index in [-0.39, 0.29) is 18.7 Å². The van der Waals surface area contributed by atoms with Crippen molar-refractivity contribution in [2.24, 2.45) is 5.92 Å². The third kappa shape index (κ3) is 4.94. The number of aliphatic hydroxyl groups excluding tert-OH is 1. The Kier molecular flexibility index (Phi) is 6.27. The third-order valence-corrected chi connectivity index (χ3v) is 3.87. The standard InChI is InChI=1S/C15H30N2O3/c1-6-17(14(19)20-15(2,3)4)10-12-8-7-9-16(5)13(12)11-18/h12-13,18H,6-11H2,1-5H3. The lowest BCUT2D eigenvalue weighted by molar-refractivity contribution is 0.00934. The van der Waals surface area contributed by atoms with Gasteiger partial charge in [-0.3, -0.25) is 0 Å². The summed E-state index contributed by atoms with van der Waals surface area (Å²) in [5, 5.41) is 9.57. The van der Waals surface area contributed by atoms with Crippen molar-refractivity contribution in [1.29, 1.82) is 0 Å². The van der Waals surface area contributed by atoms with E-state index in [9.17, 15) is 9.90 Å². The van der Waals surface area contributed by atoms with Gasteiger partial charge >= 0.3 is 6.09 Å². The number of hydrogen-bond donors (Lipinski definition) is 1. The van der Waals surface area contributed by atoms with Gasteiger partial charge in [-0.2, -0.15) is 0 Å². The summed E-state index contributed by atoms with van der Waals surface area (Å²) >= 11 is 0. The summed E-state index contributed by atoms with van der Waals surface area (Å²) in [6, 6.07) is 0.139. The van der Waals surface area contributed by atoms with Gasteiger partial charge in [-0.05, 0) is 60.0 Å². The molecule has 1 amide bonds. The topological polar surface area (TPSA) is 53.0 Å². The first-order chi connectivity index (χ1) is 9.28. The second-order valence-corrected chi connectivity index (χ2v) is 6.65. The molecule has 0 aromatic heterocycles. The summed E-state index contributed by atoms with van der Waals surface area (Å²) in [5.74, 6) is 0.311. The molecule has 1 aliphatic heterocycles. The number of hydrogen-bond acceptors (Lipinski definition) is 4. The van der Waals surface area contributed by atoms with Gasteiger partial charge in [0, 0.05) is 19.1 Å². The van der Waals surface area contributed by atoms with E-state index in [1.165, 1.54) is 0 Å². The van der Waals surface area contributed by atoms with Crippen LogP contribution in [-0.2, 0) is 4.74 Å². The Morgan fingerprint density at radius 1 is 1.45 bits per heavy atom. The molecule has 20 heavy (non-hydrogen) atoms. The molecule has 1 saturated heterocycles. The number of ether oxygens (including phenoxy) is 1. The van der Waals surface area contributed by atoms with E-state index in [1.54, 1.807) is 4.90 Å². The van der Waals surface area contributed by atoms with E-state index in [2.05, 4.69) is 4.90 Å². The smallest absolute Gasteiger partial charge is 0.410 e. The molecule has 0 saturated carbocycles. The molecule has 2 atom stereocenters. The molecule has 0 aromatic carbocycles. The average Bonchev–Trinajstić information content (AvgIpc) is 2.33. The van der Waals surface area contributed by atoms with Gasteiger partial charge in [-0.25, -0.2) is 4.79 Å². The number of nitrogens with zero attached hydrogens (tertiary/aromatic N) is 2. The number of carbonyl (C=O) groups excluding carboxylic acids is 1. The third-order valence-electron chi connectivity index (χ3n) is 3.87. The van der Waals surface area contributed by atoms with Gasteiger partial charge < -0.3 is 19.6 Å². The zero-order chi connectivity index (χ0) is 15.3. The van der Waals surface area contributed by atoms with Crippen LogP contribution in [0.25, 0.3) is 0 Å². The average molecular weight is 286 g/mol. The lowest BCUT2D eigenvalue weighted by atomic mass is 9.89. The maximum Gasteiger partial charge on any atom is 0.410 e. The predicted molar refractivity (Wildman–Crippen MR) is 79.7 cm³/mol. The summed E-state index contributed by atoms with van der Waals surface area (Å²) in [5.41, 5.74) is -0.468. The minimum Gasteiger partial charge on any atom is -0.444 e. The molecular formula is C15H30N2O3. The molecule has 0 spiro atoms. The fraction of sp³-hybridized carbons (Fsp3) is 0.933. The van der Waals surface area contributed by atoms with Crippen LogP contribution >= 0.6 is 0 Å². The van der Waals surface area contributed by atoms with Gasteiger partial charge in [0.25, 0.3) is 0 Å². The molecule has 1 fully saturated rings. The molecule has 0 bridgehead atoms. The molecule has 5 heteroatoms. The quantitative estimate of drug-likeness (QED) is 0.858. The van der Waals surface area contributed by atoms with Gasteiger partial charge in [-0.1, -0.05) is 0 Å². The maximum absolute atomic E-state index is 12.2. The van der Waals surface area contributed by atoms with Crippen LogP contribution in [-0.4, -0.2) is 65.9 Å². The van der Waals surface area contributed by atoms with Gasteiger partial charge in [-0.15, -0.1) is 0 Å². The Morgan fingerprint density at radius 2 is 2.10 bits per heavy atom. The van der Waals surface area contributed by atoms with E-state index >= 15 is 0 Å². The molecule has 118 valence electrons. The molecular weight excluding hydrogens is 256 g/mol. The van der Waals surface area contributed by atoms with E-state index in [0.29, 0.717) is 19.0 Å². The number of carbonyl (C=O) groups is 1. The van der Waals surface area contributed by atoms with Crippen molar-refractivity contribution < 1.29 is 14.6 Å². The highest BCUT2D eigenvalue weighted by atomic mass is 16.6. The van der Waals surface area contributed by atoms with Crippen LogP contribution in [0.5, 0.6) is 0 Å². The minimum absolute atomic E-state index is 0.139. The minimum atomic E-state index is -0.468. The van der Waals surface area contributed by atoms with Crippen LogP contribution in [0.2, 0.25) is 0 Å². The van der Waals surface area contributed by atoms with E-state index in [1.807, 2.05) is 34.7 Å². The molecule has 0 radical (unpaired) electrons. The number of amides is 1. The molecule has 1 aliphatic rings. The Labute approximate surface area is 122 Å². The van der Waals surface area contributed by atoms with Crippen LogP contribution in [0, 0.1) is 5.92 Å². The highest BCUT2D eigenvalue weighted by molar-refractivity contribution is 5.68. The van der Waals surface area contributed by atoms with Crippen LogP contribution in [0.1, 0.15) is 40.5 Å². The fourth-order valence-corrected chi connectivity index (χ4v) is 2.76. The predicted octanol–water partition coefficient (Wildman–Crippen LogP) is 1.95.